The predicted molar refractivity (Wildman–Crippen MR) is 113 cm³/mol. The number of hydrogen-bond acceptors (Lipinski definition) is 4. The number of amides is 2. The third kappa shape index (κ3) is 4.99. The molecule has 1 atom stereocenters. The number of hydrogen-bond donors (Lipinski definition) is 1. The summed E-state index contributed by atoms with van der Waals surface area (Å²) in [5.41, 5.74) is 0.722. The predicted octanol–water partition coefficient (Wildman–Crippen LogP) is 4.60. The third-order valence-electron chi connectivity index (χ3n) is 5.32. The molecule has 1 aromatic carbocycles. The molecule has 3 rings (SSSR count). The Labute approximate surface area is 173 Å². The van der Waals surface area contributed by atoms with Crippen LogP contribution in [-0.4, -0.2) is 40.9 Å². The summed E-state index contributed by atoms with van der Waals surface area (Å²) in [6.45, 7) is 11.3. The molecule has 2 aliphatic rings. The minimum atomic E-state index is -0.714. The average molecular weight is 401 g/mol. The van der Waals surface area contributed by atoms with E-state index in [1.807, 2.05) is 46.8 Å². The van der Waals surface area contributed by atoms with E-state index in [4.69, 9.17) is 9.47 Å². The van der Waals surface area contributed by atoms with Gasteiger partial charge < -0.3 is 14.8 Å². The number of anilines is 1. The zero-order valence-electron chi connectivity index (χ0n) is 18.2. The van der Waals surface area contributed by atoms with E-state index in [1.54, 1.807) is 4.90 Å². The van der Waals surface area contributed by atoms with E-state index in [0.29, 0.717) is 6.61 Å². The molecule has 0 radical (unpaired) electrons. The van der Waals surface area contributed by atoms with Crippen molar-refractivity contribution in [2.24, 2.45) is 0 Å². The first kappa shape index (κ1) is 21.4. The highest BCUT2D eigenvalue weighted by atomic mass is 16.6. The summed E-state index contributed by atoms with van der Waals surface area (Å²) in [6, 6.07) is 7.81. The number of carbonyl (C=O) groups excluding carboxylic acids is 2. The molecule has 1 heterocycles. The molecule has 29 heavy (non-hydrogen) atoms. The minimum absolute atomic E-state index is 0.0128. The van der Waals surface area contributed by atoms with Crippen LogP contribution < -0.4 is 5.32 Å². The maximum absolute atomic E-state index is 12.8. The summed E-state index contributed by atoms with van der Waals surface area (Å²) in [5, 5.41) is 2.79. The molecule has 2 fully saturated rings. The Kier molecular flexibility index (Phi) is 5.52. The Bertz CT molecular complexity index is 801. The van der Waals surface area contributed by atoms with Gasteiger partial charge in [0, 0.05) is 18.0 Å². The molecule has 0 aromatic heterocycles. The number of carbonyl (C=O) groups is 2. The molecule has 1 N–H and O–H groups in total. The van der Waals surface area contributed by atoms with Crippen molar-refractivity contribution in [2.75, 3.05) is 11.9 Å². The lowest BCUT2D eigenvalue weighted by Gasteiger charge is -2.34. The van der Waals surface area contributed by atoms with E-state index in [0.717, 1.165) is 18.5 Å². The van der Waals surface area contributed by atoms with E-state index in [1.165, 1.54) is 12.5 Å². The topological polar surface area (TPSA) is 67.9 Å². The second-order valence-electron chi connectivity index (χ2n) is 9.45. The maximum atomic E-state index is 12.8. The van der Waals surface area contributed by atoms with Gasteiger partial charge in [-0.2, -0.15) is 0 Å². The van der Waals surface area contributed by atoms with Gasteiger partial charge in [0.25, 0.3) is 0 Å². The molecular weight excluding hydrogens is 368 g/mol. The summed E-state index contributed by atoms with van der Waals surface area (Å²) in [6.07, 6.45) is 6.04. The second-order valence-corrected chi connectivity index (χ2v) is 9.45. The van der Waals surface area contributed by atoms with Crippen molar-refractivity contribution in [1.29, 1.82) is 0 Å². The number of nitrogens with one attached hydrogen (secondary N) is 1. The van der Waals surface area contributed by atoms with Crippen molar-refractivity contribution >= 4 is 17.7 Å². The first-order valence-electron chi connectivity index (χ1n) is 10.2. The standard InChI is InChI=1S/C23H32N2O4/c1-16(26)24-18-9-7-17(8-10-18)23(13-14-23)12-11-19-15-28-22(5,6)25(19)20(27)29-21(2,3)4/h7-12,19H,13-15H2,1-6H3,(H,24,26)/b12-11+/t19-/m0/s1. The summed E-state index contributed by atoms with van der Waals surface area (Å²) in [7, 11) is 0. The number of nitrogens with zero attached hydrogens (tertiary/aromatic N) is 1. The highest BCUT2D eigenvalue weighted by Gasteiger charge is 2.46. The lowest BCUT2D eigenvalue weighted by molar-refractivity contribution is -0.114. The maximum Gasteiger partial charge on any atom is 0.413 e. The number of rotatable bonds is 4. The highest BCUT2D eigenvalue weighted by Crippen LogP contribution is 2.50. The Morgan fingerprint density at radius 2 is 1.83 bits per heavy atom. The van der Waals surface area contributed by atoms with Gasteiger partial charge in [0.1, 0.15) is 11.3 Å². The number of benzene rings is 1. The van der Waals surface area contributed by atoms with Gasteiger partial charge in [0.2, 0.25) is 5.91 Å². The van der Waals surface area contributed by atoms with Gasteiger partial charge in [-0.05, 0) is 65.2 Å². The molecule has 1 aliphatic carbocycles. The van der Waals surface area contributed by atoms with Crippen LogP contribution in [-0.2, 0) is 19.7 Å². The van der Waals surface area contributed by atoms with E-state index in [-0.39, 0.29) is 23.5 Å². The summed E-state index contributed by atoms with van der Waals surface area (Å²) >= 11 is 0. The zero-order chi connectivity index (χ0) is 21.4. The van der Waals surface area contributed by atoms with Gasteiger partial charge in [-0.1, -0.05) is 24.3 Å². The van der Waals surface area contributed by atoms with E-state index < -0.39 is 11.3 Å². The molecule has 1 aliphatic heterocycles. The quantitative estimate of drug-likeness (QED) is 0.750. The average Bonchev–Trinajstić information content (AvgIpc) is 3.30. The van der Waals surface area contributed by atoms with Crippen LogP contribution in [0.25, 0.3) is 0 Å². The van der Waals surface area contributed by atoms with Crippen molar-refractivity contribution < 1.29 is 19.1 Å². The summed E-state index contributed by atoms with van der Waals surface area (Å²) < 4.78 is 11.5. The van der Waals surface area contributed by atoms with Crippen LogP contribution in [0.5, 0.6) is 0 Å². The van der Waals surface area contributed by atoms with Crippen LogP contribution in [0.4, 0.5) is 10.5 Å². The van der Waals surface area contributed by atoms with Crippen LogP contribution in [0.2, 0.25) is 0 Å². The Balaban J connectivity index is 1.75. The van der Waals surface area contributed by atoms with E-state index in [2.05, 4.69) is 29.6 Å². The molecule has 6 heteroatoms. The molecule has 0 spiro atoms. The second kappa shape index (κ2) is 7.48. The Morgan fingerprint density at radius 1 is 1.21 bits per heavy atom. The van der Waals surface area contributed by atoms with Crippen LogP contribution >= 0.6 is 0 Å². The molecule has 6 nitrogen and oxygen atoms in total. The summed E-state index contributed by atoms with van der Waals surface area (Å²) in [4.78, 5) is 25.7. The Hall–Kier alpha value is -2.34. The zero-order valence-corrected chi connectivity index (χ0v) is 18.2. The van der Waals surface area contributed by atoms with Crippen molar-refractivity contribution in [1.82, 2.24) is 4.90 Å². The fourth-order valence-electron chi connectivity index (χ4n) is 3.71. The number of ether oxygens (including phenoxy) is 2. The lowest BCUT2D eigenvalue weighted by Crippen LogP contribution is -2.49. The fourth-order valence-corrected chi connectivity index (χ4v) is 3.71. The minimum Gasteiger partial charge on any atom is -0.444 e. The Morgan fingerprint density at radius 3 is 2.34 bits per heavy atom. The highest BCUT2D eigenvalue weighted by molar-refractivity contribution is 5.88. The first-order valence-corrected chi connectivity index (χ1v) is 10.2. The largest absolute Gasteiger partial charge is 0.444 e. The van der Waals surface area contributed by atoms with Gasteiger partial charge in [-0.15, -0.1) is 0 Å². The molecule has 158 valence electrons. The van der Waals surface area contributed by atoms with Crippen LogP contribution in [0.1, 0.15) is 59.9 Å². The van der Waals surface area contributed by atoms with Gasteiger partial charge in [0.05, 0.1) is 12.6 Å². The molecule has 1 saturated carbocycles. The molecular formula is C23H32N2O4. The van der Waals surface area contributed by atoms with Crippen molar-refractivity contribution in [2.45, 2.75) is 77.2 Å². The monoisotopic (exact) mass is 400 g/mol. The first-order chi connectivity index (χ1) is 13.4. The molecule has 0 unspecified atom stereocenters. The third-order valence-corrected chi connectivity index (χ3v) is 5.32. The SMILES string of the molecule is CC(=O)Nc1ccc(C2(/C=C/[C@H]3COC(C)(C)N3C(=O)OC(C)(C)C)CC2)cc1. The smallest absolute Gasteiger partial charge is 0.413 e. The van der Waals surface area contributed by atoms with Crippen LogP contribution in [0, 0.1) is 0 Å². The van der Waals surface area contributed by atoms with Crippen molar-refractivity contribution in [3.63, 3.8) is 0 Å². The van der Waals surface area contributed by atoms with Gasteiger partial charge in [-0.25, -0.2) is 4.79 Å². The van der Waals surface area contributed by atoms with Gasteiger partial charge >= 0.3 is 6.09 Å². The van der Waals surface area contributed by atoms with Crippen molar-refractivity contribution in [3.05, 3.63) is 42.0 Å². The van der Waals surface area contributed by atoms with Crippen molar-refractivity contribution in [3.8, 4) is 0 Å². The fraction of sp³-hybridized carbons (Fsp3) is 0.565. The van der Waals surface area contributed by atoms with E-state index in [9.17, 15) is 9.59 Å². The lowest BCUT2D eigenvalue weighted by atomic mass is 9.94. The van der Waals surface area contributed by atoms with E-state index >= 15 is 0 Å². The summed E-state index contributed by atoms with van der Waals surface area (Å²) in [5.74, 6) is -0.0788. The molecule has 1 saturated heterocycles. The molecule has 2 amide bonds. The van der Waals surface area contributed by atoms with Crippen LogP contribution in [0.15, 0.2) is 36.4 Å². The van der Waals surface area contributed by atoms with Gasteiger partial charge in [-0.3, -0.25) is 9.69 Å². The molecule has 1 aromatic rings. The molecule has 0 bridgehead atoms. The van der Waals surface area contributed by atoms with Gasteiger partial charge in [0.15, 0.2) is 0 Å². The van der Waals surface area contributed by atoms with Crippen LogP contribution in [0.3, 0.4) is 0 Å². The number of allylic oxidation sites excluding steroid dienone is 1. The normalized spacial score (nSPS) is 22.6.